The molecule has 0 saturated heterocycles. The van der Waals surface area contributed by atoms with E-state index in [1.54, 1.807) is 0 Å². The molecule has 1 aromatic rings. The number of anilines is 2. The minimum Gasteiger partial charge on any atom is -0.383 e. The topological polar surface area (TPSA) is 89.8 Å². The molecular weight excluding hydrogens is 166 g/mol. The molecule has 0 spiro atoms. The number of nitrogens with zero attached hydrogens (tertiary/aromatic N) is 2. The van der Waals surface area contributed by atoms with Crippen LogP contribution < -0.4 is 17.0 Å². The second-order valence-electron chi connectivity index (χ2n) is 3.36. The lowest BCUT2D eigenvalue weighted by atomic mass is 10.3. The van der Waals surface area contributed by atoms with E-state index in [4.69, 9.17) is 11.6 Å². The van der Waals surface area contributed by atoms with Gasteiger partial charge in [-0.3, -0.25) is 0 Å². The van der Waals surface area contributed by atoms with Crippen LogP contribution in [0.15, 0.2) is 0 Å². The van der Waals surface area contributed by atoms with Crippen molar-refractivity contribution in [2.24, 2.45) is 5.84 Å². The van der Waals surface area contributed by atoms with Gasteiger partial charge in [0.05, 0.1) is 0 Å². The first-order valence-corrected chi connectivity index (χ1v) is 4.33. The minimum absolute atomic E-state index is 0.495. The highest BCUT2D eigenvalue weighted by molar-refractivity contribution is 5.54. The molecule has 5 nitrogen and oxygen atoms in total. The van der Waals surface area contributed by atoms with Crippen LogP contribution in [0.1, 0.15) is 30.1 Å². The number of rotatable bonds is 2. The first kappa shape index (κ1) is 8.25. The van der Waals surface area contributed by atoms with Gasteiger partial charge < -0.3 is 11.2 Å². The molecule has 70 valence electrons. The third-order valence-corrected chi connectivity index (χ3v) is 2.28. The molecule has 1 aromatic heterocycles. The summed E-state index contributed by atoms with van der Waals surface area (Å²) in [6.45, 7) is 1.85. The molecule has 0 atom stereocenters. The summed E-state index contributed by atoms with van der Waals surface area (Å²) in [5, 5.41) is 0. The van der Waals surface area contributed by atoms with Crippen molar-refractivity contribution in [3.05, 3.63) is 11.4 Å². The third-order valence-electron chi connectivity index (χ3n) is 2.28. The maximum Gasteiger partial charge on any atom is 0.148 e. The van der Waals surface area contributed by atoms with E-state index < -0.39 is 0 Å². The van der Waals surface area contributed by atoms with E-state index in [2.05, 4.69) is 15.4 Å². The summed E-state index contributed by atoms with van der Waals surface area (Å²) in [5.74, 6) is 7.78. The summed E-state index contributed by atoms with van der Waals surface area (Å²) in [6, 6.07) is 0. The zero-order valence-corrected chi connectivity index (χ0v) is 7.54. The average Bonchev–Trinajstić information content (AvgIpc) is 2.92. The van der Waals surface area contributed by atoms with Gasteiger partial charge in [-0.05, 0) is 19.8 Å². The Kier molecular flexibility index (Phi) is 1.81. The van der Waals surface area contributed by atoms with Gasteiger partial charge >= 0.3 is 0 Å². The van der Waals surface area contributed by atoms with Crippen LogP contribution in [0.5, 0.6) is 0 Å². The number of hydrogen-bond acceptors (Lipinski definition) is 5. The predicted octanol–water partition coefficient (Wildman–Crippen LogP) is 0.530. The molecule has 0 bridgehead atoms. The molecule has 0 aliphatic heterocycles. The zero-order chi connectivity index (χ0) is 9.42. The van der Waals surface area contributed by atoms with E-state index >= 15 is 0 Å². The van der Waals surface area contributed by atoms with Crippen LogP contribution in [-0.2, 0) is 0 Å². The van der Waals surface area contributed by atoms with Crippen molar-refractivity contribution in [1.29, 1.82) is 0 Å². The predicted molar refractivity (Wildman–Crippen MR) is 51.0 cm³/mol. The smallest absolute Gasteiger partial charge is 0.148 e. The number of nitrogen functional groups attached to an aromatic ring is 2. The quantitative estimate of drug-likeness (QED) is 0.455. The Morgan fingerprint density at radius 1 is 1.38 bits per heavy atom. The maximum absolute atomic E-state index is 5.72. The second kappa shape index (κ2) is 2.85. The van der Waals surface area contributed by atoms with Crippen molar-refractivity contribution in [2.75, 3.05) is 11.2 Å². The first-order chi connectivity index (χ1) is 6.22. The number of nitrogens with two attached hydrogens (primary N) is 2. The molecule has 1 aliphatic rings. The fourth-order valence-corrected chi connectivity index (χ4v) is 1.22. The van der Waals surface area contributed by atoms with Crippen molar-refractivity contribution < 1.29 is 0 Å². The van der Waals surface area contributed by atoms with Crippen molar-refractivity contribution in [2.45, 2.75) is 25.7 Å². The van der Waals surface area contributed by atoms with Crippen LogP contribution in [0.25, 0.3) is 0 Å². The number of hydrazine groups is 1. The molecule has 13 heavy (non-hydrogen) atoms. The van der Waals surface area contributed by atoms with Crippen molar-refractivity contribution >= 4 is 11.6 Å². The van der Waals surface area contributed by atoms with E-state index in [-0.39, 0.29) is 0 Å². The van der Waals surface area contributed by atoms with Gasteiger partial charge in [0, 0.05) is 11.5 Å². The fourth-order valence-electron chi connectivity index (χ4n) is 1.22. The van der Waals surface area contributed by atoms with Crippen LogP contribution >= 0.6 is 0 Å². The molecule has 5 N–H and O–H groups in total. The summed E-state index contributed by atoms with van der Waals surface area (Å²) in [6.07, 6.45) is 2.32. The highest BCUT2D eigenvalue weighted by atomic mass is 15.3. The molecule has 2 rings (SSSR count). The third kappa shape index (κ3) is 1.42. The van der Waals surface area contributed by atoms with E-state index in [9.17, 15) is 0 Å². The van der Waals surface area contributed by atoms with Crippen LogP contribution in [0.2, 0.25) is 0 Å². The Labute approximate surface area is 76.5 Å². The molecule has 0 aromatic carbocycles. The Balaban J connectivity index is 2.43. The number of nitrogens with one attached hydrogen (secondary N) is 1. The first-order valence-electron chi connectivity index (χ1n) is 4.33. The lowest BCUT2D eigenvalue weighted by molar-refractivity contribution is 0.922. The summed E-state index contributed by atoms with van der Waals surface area (Å²) in [7, 11) is 0. The van der Waals surface area contributed by atoms with Crippen molar-refractivity contribution in [3.63, 3.8) is 0 Å². The minimum atomic E-state index is 0.495. The summed E-state index contributed by atoms with van der Waals surface area (Å²) in [4.78, 5) is 8.50. The van der Waals surface area contributed by atoms with E-state index in [0.717, 1.165) is 24.2 Å². The Morgan fingerprint density at radius 3 is 2.62 bits per heavy atom. The molecule has 0 radical (unpaired) electrons. The summed E-state index contributed by atoms with van der Waals surface area (Å²) >= 11 is 0. The maximum atomic E-state index is 5.72. The molecule has 1 fully saturated rings. The van der Waals surface area contributed by atoms with E-state index in [0.29, 0.717) is 17.6 Å². The molecule has 0 unspecified atom stereocenters. The molecule has 1 aliphatic carbocycles. The molecule has 1 heterocycles. The van der Waals surface area contributed by atoms with Gasteiger partial charge in [-0.25, -0.2) is 15.8 Å². The highest BCUT2D eigenvalue weighted by Gasteiger charge is 2.27. The normalized spacial score (nSPS) is 15.8. The average molecular weight is 179 g/mol. The van der Waals surface area contributed by atoms with Crippen LogP contribution in [0, 0.1) is 6.92 Å². The molecule has 1 saturated carbocycles. The molecule has 5 heteroatoms. The standard InChI is InChI=1S/C8H13N5/c1-4-6(9)11-8(5-2-3-5)12-7(4)13-10/h5H,2-3,10H2,1H3,(H3,9,11,12,13). The van der Waals surface area contributed by atoms with Gasteiger partial charge in [-0.15, -0.1) is 0 Å². The largest absolute Gasteiger partial charge is 0.383 e. The summed E-state index contributed by atoms with van der Waals surface area (Å²) < 4.78 is 0. The van der Waals surface area contributed by atoms with Gasteiger partial charge in [0.2, 0.25) is 0 Å². The number of aromatic nitrogens is 2. The Bertz CT molecular complexity index is 332. The van der Waals surface area contributed by atoms with E-state index in [1.165, 1.54) is 0 Å². The molecular formula is C8H13N5. The van der Waals surface area contributed by atoms with Crippen LogP contribution in [0.3, 0.4) is 0 Å². The van der Waals surface area contributed by atoms with Crippen molar-refractivity contribution in [1.82, 2.24) is 9.97 Å². The fraction of sp³-hybridized carbons (Fsp3) is 0.500. The van der Waals surface area contributed by atoms with Gasteiger partial charge in [-0.1, -0.05) is 0 Å². The van der Waals surface area contributed by atoms with Crippen LogP contribution in [0.4, 0.5) is 11.6 Å². The van der Waals surface area contributed by atoms with Gasteiger partial charge in [0.25, 0.3) is 0 Å². The second-order valence-corrected chi connectivity index (χ2v) is 3.36. The van der Waals surface area contributed by atoms with Gasteiger partial charge in [0.1, 0.15) is 17.5 Å². The molecule has 0 amide bonds. The van der Waals surface area contributed by atoms with E-state index in [1.807, 2.05) is 6.92 Å². The van der Waals surface area contributed by atoms with Crippen molar-refractivity contribution in [3.8, 4) is 0 Å². The lowest BCUT2D eigenvalue weighted by Crippen LogP contribution is -2.13. The lowest BCUT2D eigenvalue weighted by Gasteiger charge is -2.07. The summed E-state index contributed by atoms with van der Waals surface area (Å²) in [5.41, 5.74) is 9.06. The SMILES string of the molecule is Cc1c(N)nc(C2CC2)nc1NN. The van der Waals surface area contributed by atoms with Crippen LogP contribution in [-0.4, -0.2) is 9.97 Å². The zero-order valence-electron chi connectivity index (χ0n) is 7.54. The Hall–Kier alpha value is -1.36. The number of hydrogen-bond donors (Lipinski definition) is 3. The highest BCUT2D eigenvalue weighted by Crippen LogP contribution is 2.39. The Morgan fingerprint density at radius 2 is 2.08 bits per heavy atom. The monoisotopic (exact) mass is 179 g/mol. The van der Waals surface area contributed by atoms with Gasteiger partial charge in [-0.2, -0.15) is 0 Å². The van der Waals surface area contributed by atoms with Gasteiger partial charge in [0.15, 0.2) is 0 Å².